The van der Waals surface area contributed by atoms with Crippen LogP contribution in [0.4, 0.5) is 0 Å². The molecule has 1 aliphatic rings. The second-order valence-electron chi connectivity index (χ2n) is 5.11. The number of hydrogen-bond acceptors (Lipinski definition) is 4. The fourth-order valence-electron chi connectivity index (χ4n) is 1.68. The molecule has 0 aliphatic carbocycles. The van der Waals surface area contributed by atoms with E-state index in [1.54, 1.807) is 12.1 Å². The van der Waals surface area contributed by atoms with Gasteiger partial charge in [0.15, 0.2) is 0 Å². The molecule has 5 nitrogen and oxygen atoms in total. The Morgan fingerprint density at radius 1 is 1.15 bits per heavy atom. The van der Waals surface area contributed by atoms with E-state index in [4.69, 9.17) is 9.29 Å². The summed E-state index contributed by atoms with van der Waals surface area (Å²) in [6.07, 6.45) is 0. The molecule has 6 heteroatoms. The third-order valence-corrected chi connectivity index (χ3v) is 3.95. The summed E-state index contributed by atoms with van der Waals surface area (Å²) in [5.74, 6) is 0.357. The van der Waals surface area contributed by atoms with Gasteiger partial charge in [-0.05, 0) is 30.7 Å². The molecule has 1 aromatic carbocycles. The molecule has 0 aromatic heterocycles. The smallest absolute Gasteiger partial charge is 0.294 e. The van der Waals surface area contributed by atoms with Crippen LogP contribution in [0.15, 0.2) is 29.2 Å². The molecule has 1 N–H and O–H groups in total. The third-order valence-electron chi connectivity index (χ3n) is 3.08. The largest absolute Gasteiger partial charge is 0.379 e. The van der Waals surface area contributed by atoms with Crippen molar-refractivity contribution >= 4 is 10.1 Å². The van der Waals surface area contributed by atoms with Crippen LogP contribution in [0.1, 0.15) is 25.3 Å². The number of rotatable bonds is 2. The van der Waals surface area contributed by atoms with Crippen LogP contribution in [-0.2, 0) is 14.9 Å². The van der Waals surface area contributed by atoms with E-state index in [2.05, 4.69) is 11.9 Å². The van der Waals surface area contributed by atoms with E-state index in [0.717, 1.165) is 31.9 Å². The van der Waals surface area contributed by atoms with Crippen molar-refractivity contribution in [2.24, 2.45) is 0 Å². The lowest BCUT2D eigenvalue weighted by Gasteiger charge is -2.21. The lowest BCUT2D eigenvalue weighted by atomic mass is 10.0. The number of morpholine rings is 1. The van der Waals surface area contributed by atoms with Crippen molar-refractivity contribution in [1.29, 1.82) is 0 Å². The minimum atomic E-state index is -4.05. The van der Waals surface area contributed by atoms with Gasteiger partial charge >= 0.3 is 0 Å². The van der Waals surface area contributed by atoms with Crippen molar-refractivity contribution < 1.29 is 17.7 Å². The lowest BCUT2D eigenvalue weighted by Crippen LogP contribution is -2.32. The fourth-order valence-corrected chi connectivity index (χ4v) is 2.16. The van der Waals surface area contributed by atoms with Gasteiger partial charge in [-0.2, -0.15) is 8.42 Å². The minimum absolute atomic E-state index is 0.0584. The molecule has 1 heterocycles. The van der Waals surface area contributed by atoms with Gasteiger partial charge in [0.05, 0.1) is 18.1 Å². The second-order valence-corrected chi connectivity index (χ2v) is 6.54. The van der Waals surface area contributed by atoms with E-state index in [1.807, 2.05) is 13.8 Å². The first-order valence-electron chi connectivity index (χ1n) is 6.64. The summed E-state index contributed by atoms with van der Waals surface area (Å²) in [6.45, 7) is 8.05. The summed E-state index contributed by atoms with van der Waals surface area (Å²) < 4.78 is 35.1. The van der Waals surface area contributed by atoms with Crippen LogP contribution in [0.3, 0.4) is 0 Å². The van der Waals surface area contributed by atoms with Crippen molar-refractivity contribution in [2.45, 2.75) is 24.7 Å². The maximum atomic E-state index is 10.7. The number of likely N-dealkylation sites (N-methyl/N-ethyl adjacent to an activating group) is 1. The SMILES string of the molecule is CC(C)c1ccc(S(=O)(=O)O)cc1.CN1CCOCC1. The molecule has 2 rings (SSSR count). The lowest BCUT2D eigenvalue weighted by molar-refractivity contribution is 0.0503. The molecule has 20 heavy (non-hydrogen) atoms. The van der Waals surface area contributed by atoms with Gasteiger partial charge in [-0.3, -0.25) is 4.55 Å². The molecule has 0 atom stereocenters. The van der Waals surface area contributed by atoms with Gasteiger partial charge in [0, 0.05) is 13.1 Å². The standard InChI is InChI=1S/C9H12O3S.C5H11NO/c1-7(2)8-3-5-9(6-4-8)13(10,11)12;1-6-2-4-7-5-3-6/h3-7H,1-2H3,(H,10,11,12);2-5H2,1H3. The van der Waals surface area contributed by atoms with Crippen LogP contribution in [0.25, 0.3) is 0 Å². The average molecular weight is 301 g/mol. The molecule has 0 radical (unpaired) electrons. The molecule has 0 bridgehead atoms. The highest BCUT2D eigenvalue weighted by molar-refractivity contribution is 7.85. The predicted molar refractivity (Wildman–Crippen MR) is 78.7 cm³/mol. The molecular weight excluding hydrogens is 278 g/mol. The first-order chi connectivity index (χ1) is 9.30. The molecule has 0 spiro atoms. The van der Waals surface area contributed by atoms with Gasteiger partial charge < -0.3 is 9.64 Å². The maximum Gasteiger partial charge on any atom is 0.294 e. The Morgan fingerprint density at radius 3 is 1.95 bits per heavy atom. The molecule has 1 fully saturated rings. The Labute approximate surface area is 121 Å². The zero-order valence-electron chi connectivity index (χ0n) is 12.2. The topological polar surface area (TPSA) is 66.8 Å². The van der Waals surface area contributed by atoms with Crippen LogP contribution in [0.5, 0.6) is 0 Å². The van der Waals surface area contributed by atoms with Crippen molar-refractivity contribution in [1.82, 2.24) is 4.90 Å². The minimum Gasteiger partial charge on any atom is -0.379 e. The molecule has 0 unspecified atom stereocenters. The highest BCUT2D eigenvalue weighted by atomic mass is 32.2. The predicted octanol–water partition coefficient (Wildman–Crippen LogP) is 2.01. The summed E-state index contributed by atoms with van der Waals surface area (Å²) in [5, 5.41) is 0. The van der Waals surface area contributed by atoms with Gasteiger partial charge in [0.2, 0.25) is 0 Å². The van der Waals surface area contributed by atoms with Crippen molar-refractivity contribution in [3.8, 4) is 0 Å². The van der Waals surface area contributed by atoms with Crippen molar-refractivity contribution in [3.05, 3.63) is 29.8 Å². The Morgan fingerprint density at radius 2 is 1.65 bits per heavy atom. The van der Waals surface area contributed by atoms with Crippen molar-refractivity contribution in [3.63, 3.8) is 0 Å². The fraction of sp³-hybridized carbons (Fsp3) is 0.571. The van der Waals surface area contributed by atoms with Gasteiger partial charge in [-0.25, -0.2) is 0 Å². The Kier molecular flexibility index (Phi) is 6.61. The monoisotopic (exact) mass is 301 g/mol. The van der Waals surface area contributed by atoms with Gasteiger partial charge in [0.25, 0.3) is 10.1 Å². The average Bonchev–Trinajstić information content (AvgIpc) is 2.39. The summed E-state index contributed by atoms with van der Waals surface area (Å²) in [4.78, 5) is 2.21. The van der Waals surface area contributed by atoms with Crippen LogP contribution < -0.4 is 0 Å². The number of benzene rings is 1. The molecule has 0 amide bonds. The summed E-state index contributed by atoms with van der Waals surface area (Å²) in [5.41, 5.74) is 1.05. The summed E-state index contributed by atoms with van der Waals surface area (Å²) in [7, 11) is -1.93. The van der Waals surface area contributed by atoms with Crippen LogP contribution >= 0.6 is 0 Å². The van der Waals surface area contributed by atoms with Gasteiger partial charge in [0.1, 0.15) is 0 Å². The van der Waals surface area contributed by atoms with Crippen molar-refractivity contribution in [2.75, 3.05) is 33.4 Å². The summed E-state index contributed by atoms with van der Waals surface area (Å²) >= 11 is 0. The maximum absolute atomic E-state index is 10.7. The van der Waals surface area contributed by atoms with E-state index in [9.17, 15) is 8.42 Å². The number of hydrogen-bond donors (Lipinski definition) is 1. The molecule has 0 saturated carbocycles. The van der Waals surface area contributed by atoms with E-state index in [-0.39, 0.29) is 4.90 Å². The quantitative estimate of drug-likeness (QED) is 0.846. The van der Waals surface area contributed by atoms with Gasteiger partial charge in [-0.15, -0.1) is 0 Å². The highest BCUT2D eigenvalue weighted by Crippen LogP contribution is 2.16. The van der Waals surface area contributed by atoms with Gasteiger partial charge in [-0.1, -0.05) is 26.0 Å². The molecule has 1 aliphatic heterocycles. The number of ether oxygens (including phenoxy) is 1. The van der Waals surface area contributed by atoms with Crippen LogP contribution in [0.2, 0.25) is 0 Å². The third kappa shape index (κ3) is 6.00. The Hall–Kier alpha value is -0.950. The second kappa shape index (κ2) is 7.73. The molecule has 1 aromatic rings. The van der Waals surface area contributed by atoms with Crippen LogP contribution in [0, 0.1) is 0 Å². The first-order valence-corrected chi connectivity index (χ1v) is 8.08. The van der Waals surface area contributed by atoms with E-state index >= 15 is 0 Å². The molecule has 114 valence electrons. The van der Waals surface area contributed by atoms with E-state index in [0.29, 0.717) is 5.92 Å². The zero-order valence-corrected chi connectivity index (χ0v) is 13.1. The Balaban J connectivity index is 0.000000240. The Bertz CT molecular complexity index is 490. The number of nitrogens with zero attached hydrogens (tertiary/aromatic N) is 1. The molecule has 1 saturated heterocycles. The molecular formula is C14H23NO4S. The highest BCUT2D eigenvalue weighted by Gasteiger charge is 2.08. The van der Waals surface area contributed by atoms with E-state index in [1.165, 1.54) is 12.1 Å². The normalized spacial score (nSPS) is 16.6. The first kappa shape index (κ1) is 17.1. The summed E-state index contributed by atoms with van der Waals surface area (Å²) in [6, 6.07) is 6.22. The zero-order chi connectivity index (χ0) is 15.2. The van der Waals surface area contributed by atoms with E-state index < -0.39 is 10.1 Å². The van der Waals surface area contributed by atoms with Crippen LogP contribution in [-0.4, -0.2) is 51.2 Å².